The minimum Gasteiger partial charge on any atom is -0.477 e. The number of aromatic carboxylic acids is 1. The first-order valence-electron chi connectivity index (χ1n) is 7.23. The second kappa shape index (κ2) is 6.71. The Hall–Kier alpha value is -1.89. The predicted octanol–water partition coefficient (Wildman–Crippen LogP) is 1.05. The lowest BCUT2D eigenvalue weighted by Gasteiger charge is -2.29. The molecule has 2 rings (SSSR count). The van der Waals surface area contributed by atoms with E-state index in [2.05, 4.69) is 9.97 Å². The van der Waals surface area contributed by atoms with Gasteiger partial charge in [-0.15, -0.1) is 0 Å². The Labute approximate surface area is 124 Å². The summed E-state index contributed by atoms with van der Waals surface area (Å²) < 4.78 is 0. The molecule has 0 radical (unpaired) electrons. The normalized spacial score (nSPS) is 15.6. The minimum absolute atomic E-state index is 0.00755. The molecule has 116 valence electrons. The highest BCUT2D eigenvalue weighted by molar-refractivity contribution is 6.02. The highest BCUT2D eigenvalue weighted by Crippen LogP contribution is 2.25. The number of aromatic nitrogens is 2. The van der Waals surface area contributed by atoms with E-state index in [0.717, 1.165) is 32.2 Å². The van der Waals surface area contributed by atoms with Gasteiger partial charge in [0.05, 0.1) is 6.33 Å². The summed E-state index contributed by atoms with van der Waals surface area (Å²) in [7, 11) is 3.91. The van der Waals surface area contributed by atoms with Crippen LogP contribution < -0.4 is 0 Å². The van der Waals surface area contributed by atoms with Gasteiger partial charge in [0.15, 0.2) is 11.4 Å². The maximum absolute atomic E-state index is 12.7. The third-order valence-corrected chi connectivity index (χ3v) is 3.87. The van der Waals surface area contributed by atoms with Crippen molar-refractivity contribution in [2.45, 2.75) is 31.7 Å². The van der Waals surface area contributed by atoms with Crippen LogP contribution in [-0.4, -0.2) is 70.0 Å². The smallest absolute Gasteiger partial charge is 0.354 e. The van der Waals surface area contributed by atoms with Crippen LogP contribution in [0.4, 0.5) is 0 Å². The predicted molar refractivity (Wildman–Crippen MR) is 77.4 cm³/mol. The van der Waals surface area contributed by atoms with Crippen molar-refractivity contribution in [2.24, 2.45) is 0 Å². The molecule has 2 N–H and O–H groups in total. The van der Waals surface area contributed by atoms with Crippen molar-refractivity contribution in [1.29, 1.82) is 0 Å². The van der Waals surface area contributed by atoms with Crippen molar-refractivity contribution >= 4 is 11.9 Å². The third-order valence-electron chi connectivity index (χ3n) is 3.87. The van der Waals surface area contributed by atoms with Gasteiger partial charge < -0.3 is 19.9 Å². The summed E-state index contributed by atoms with van der Waals surface area (Å²) >= 11 is 0. The van der Waals surface area contributed by atoms with Gasteiger partial charge in [-0.2, -0.15) is 0 Å². The van der Waals surface area contributed by atoms with E-state index in [9.17, 15) is 9.59 Å². The quantitative estimate of drug-likeness (QED) is 0.818. The number of carboxylic acid groups (broad SMARTS) is 1. The highest BCUT2D eigenvalue weighted by Gasteiger charge is 2.31. The van der Waals surface area contributed by atoms with Crippen LogP contribution in [0.1, 0.15) is 46.7 Å². The molecule has 1 aliphatic rings. The minimum atomic E-state index is -1.16. The van der Waals surface area contributed by atoms with E-state index >= 15 is 0 Å². The van der Waals surface area contributed by atoms with E-state index in [-0.39, 0.29) is 23.3 Å². The summed E-state index contributed by atoms with van der Waals surface area (Å²) in [6.45, 7) is 1.33. The lowest BCUT2D eigenvalue weighted by molar-refractivity contribution is 0.0630. The van der Waals surface area contributed by atoms with E-state index < -0.39 is 5.97 Å². The average molecular weight is 294 g/mol. The summed E-state index contributed by atoms with van der Waals surface area (Å²) in [6, 6.07) is 0.191. The SMILES string of the molecule is CN(C)CCN(C(=O)c1nc[nH]c1C(=O)O)C1CCCC1. The Morgan fingerprint density at radius 1 is 1.33 bits per heavy atom. The number of hydrogen-bond acceptors (Lipinski definition) is 4. The van der Waals surface area contributed by atoms with Crippen LogP contribution in [0.5, 0.6) is 0 Å². The van der Waals surface area contributed by atoms with Gasteiger partial charge in [0.1, 0.15) is 0 Å². The standard InChI is InChI=1S/C14H22N4O3/c1-17(2)7-8-18(10-5-3-4-6-10)13(19)11-12(14(20)21)16-9-15-11/h9-10H,3-8H2,1-2H3,(H,15,16)(H,20,21). The summed E-state index contributed by atoms with van der Waals surface area (Å²) in [5.74, 6) is -1.45. The number of aromatic amines is 1. The molecule has 1 fully saturated rings. The Balaban J connectivity index is 2.20. The summed E-state index contributed by atoms with van der Waals surface area (Å²) in [4.78, 5) is 34.1. The number of rotatable bonds is 6. The monoisotopic (exact) mass is 294 g/mol. The van der Waals surface area contributed by atoms with Crippen LogP contribution in [0.25, 0.3) is 0 Å². The van der Waals surface area contributed by atoms with Crippen LogP contribution in [0.2, 0.25) is 0 Å². The van der Waals surface area contributed by atoms with Crippen LogP contribution in [0, 0.1) is 0 Å². The fourth-order valence-corrected chi connectivity index (χ4v) is 2.73. The zero-order chi connectivity index (χ0) is 15.4. The molecule has 0 aliphatic heterocycles. The van der Waals surface area contributed by atoms with Gasteiger partial charge in [-0.05, 0) is 26.9 Å². The summed E-state index contributed by atoms with van der Waals surface area (Å²) in [6.07, 6.45) is 5.44. The molecule has 0 saturated heterocycles. The molecule has 1 amide bonds. The lowest BCUT2D eigenvalue weighted by atomic mass is 10.1. The number of likely N-dealkylation sites (N-methyl/N-ethyl adjacent to an activating group) is 1. The molecule has 7 nitrogen and oxygen atoms in total. The second-order valence-electron chi connectivity index (χ2n) is 5.67. The summed E-state index contributed by atoms with van der Waals surface area (Å²) in [5, 5.41) is 9.12. The third kappa shape index (κ3) is 3.60. The van der Waals surface area contributed by atoms with Crippen molar-refractivity contribution in [3.63, 3.8) is 0 Å². The van der Waals surface area contributed by atoms with Gasteiger partial charge in [0, 0.05) is 19.1 Å². The second-order valence-corrected chi connectivity index (χ2v) is 5.67. The molecule has 1 saturated carbocycles. The van der Waals surface area contributed by atoms with Crippen LogP contribution >= 0.6 is 0 Å². The molecule has 1 aromatic rings. The zero-order valence-electron chi connectivity index (χ0n) is 12.5. The maximum Gasteiger partial charge on any atom is 0.354 e. The van der Waals surface area contributed by atoms with Crippen molar-refractivity contribution < 1.29 is 14.7 Å². The molecule has 0 unspecified atom stereocenters. The molecule has 1 aliphatic carbocycles. The van der Waals surface area contributed by atoms with Gasteiger partial charge in [0.2, 0.25) is 0 Å². The number of amides is 1. The molecule has 7 heteroatoms. The number of carbonyl (C=O) groups is 2. The maximum atomic E-state index is 12.7. The Morgan fingerprint density at radius 2 is 2.00 bits per heavy atom. The topological polar surface area (TPSA) is 89.5 Å². The van der Waals surface area contributed by atoms with Crippen LogP contribution in [-0.2, 0) is 0 Å². The van der Waals surface area contributed by atoms with Gasteiger partial charge in [-0.3, -0.25) is 4.79 Å². The zero-order valence-corrected chi connectivity index (χ0v) is 12.5. The Kier molecular flexibility index (Phi) is 4.95. The van der Waals surface area contributed by atoms with E-state index in [0.29, 0.717) is 6.54 Å². The van der Waals surface area contributed by atoms with Gasteiger partial charge in [-0.1, -0.05) is 12.8 Å². The first-order chi connectivity index (χ1) is 10.0. The lowest BCUT2D eigenvalue weighted by Crippen LogP contribution is -2.43. The molecule has 0 atom stereocenters. The molecular formula is C14H22N4O3. The number of carboxylic acids is 1. The number of hydrogen-bond donors (Lipinski definition) is 2. The molecule has 0 spiro atoms. The van der Waals surface area contributed by atoms with E-state index in [4.69, 9.17) is 5.11 Å². The van der Waals surface area contributed by atoms with E-state index in [1.807, 2.05) is 19.0 Å². The molecule has 0 aromatic carbocycles. The number of nitrogens with one attached hydrogen (secondary N) is 1. The van der Waals surface area contributed by atoms with Crippen LogP contribution in [0.15, 0.2) is 6.33 Å². The summed E-state index contributed by atoms with van der Waals surface area (Å²) in [5.41, 5.74) is -0.124. The first-order valence-corrected chi connectivity index (χ1v) is 7.23. The van der Waals surface area contributed by atoms with Crippen molar-refractivity contribution in [1.82, 2.24) is 19.8 Å². The van der Waals surface area contributed by atoms with Crippen molar-refractivity contribution in [3.8, 4) is 0 Å². The van der Waals surface area contributed by atoms with Gasteiger partial charge in [0.25, 0.3) is 5.91 Å². The van der Waals surface area contributed by atoms with E-state index in [1.54, 1.807) is 4.90 Å². The Bertz CT molecular complexity index is 506. The van der Waals surface area contributed by atoms with Crippen molar-refractivity contribution in [3.05, 3.63) is 17.7 Å². The highest BCUT2D eigenvalue weighted by atomic mass is 16.4. The first kappa shape index (κ1) is 15.5. The molecule has 1 aromatic heterocycles. The van der Waals surface area contributed by atoms with Crippen LogP contribution in [0.3, 0.4) is 0 Å². The van der Waals surface area contributed by atoms with Gasteiger partial charge in [-0.25, -0.2) is 9.78 Å². The fourth-order valence-electron chi connectivity index (χ4n) is 2.73. The fraction of sp³-hybridized carbons (Fsp3) is 0.643. The number of nitrogens with zero attached hydrogens (tertiary/aromatic N) is 3. The number of carbonyl (C=O) groups excluding carboxylic acids is 1. The molecule has 0 bridgehead atoms. The number of imidazole rings is 1. The van der Waals surface area contributed by atoms with Gasteiger partial charge >= 0.3 is 5.97 Å². The molecule has 21 heavy (non-hydrogen) atoms. The molecule has 1 heterocycles. The molecular weight excluding hydrogens is 272 g/mol. The van der Waals surface area contributed by atoms with E-state index in [1.165, 1.54) is 6.33 Å². The average Bonchev–Trinajstić information content (AvgIpc) is 3.09. The Morgan fingerprint density at radius 3 is 2.57 bits per heavy atom. The largest absolute Gasteiger partial charge is 0.477 e. The number of H-pyrrole nitrogens is 1. The van der Waals surface area contributed by atoms with Crippen molar-refractivity contribution in [2.75, 3.05) is 27.2 Å².